The van der Waals surface area contributed by atoms with Gasteiger partial charge in [0.1, 0.15) is 10.7 Å². The molecule has 0 aliphatic carbocycles. The van der Waals surface area contributed by atoms with Crippen molar-refractivity contribution in [1.29, 1.82) is 0 Å². The molecule has 0 aliphatic heterocycles. The Labute approximate surface area is 122 Å². The maximum atomic E-state index is 11.9. The smallest absolute Gasteiger partial charge is 0.258 e. The maximum Gasteiger partial charge on any atom is 0.258 e. The Kier molecular flexibility index (Phi) is 4.20. The first-order chi connectivity index (χ1) is 9.49. The van der Waals surface area contributed by atoms with Gasteiger partial charge in [-0.15, -0.1) is 0 Å². The van der Waals surface area contributed by atoms with Gasteiger partial charge in [0.2, 0.25) is 0 Å². The van der Waals surface area contributed by atoms with E-state index in [0.717, 1.165) is 11.3 Å². The molecule has 0 spiro atoms. The Morgan fingerprint density at radius 1 is 1.25 bits per heavy atom. The largest absolute Gasteiger partial charge is 0.490 e. The molecule has 0 fully saturated rings. The predicted octanol–water partition coefficient (Wildman–Crippen LogP) is 2.46. The highest BCUT2D eigenvalue weighted by molar-refractivity contribution is 7.80. The lowest BCUT2D eigenvalue weighted by Gasteiger charge is -2.14. The van der Waals surface area contributed by atoms with Gasteiger partial charge in [0, 0.05) is 5.56 Å². The van der Waals surface area contributed by atoms with Crippen LogP contribution in [0.3, 0.4) is 0 Å². The lowest BCUT2D eigenvalue weighted by molar-refractivity contribution is 0.243. The summed E-state index contributed by atoms with van der Waals surface area (Å²) in [6.07, 6.45) is 0.0544. The van der Waals surface area contributed by atoms with Gasteiger partial charge in [0.25, 0.3) is 5.56 Å². The number of ether oxygens (including phenoxy) is 1. The van der Waals surface area contributed by atoms with E-state index in [0.29, 0.717) is 11.3 Å². The molecule has 1 aromatic heterocycles. The minimum absolute atomic E-state index is 0.0544. The molecule has 0 saturated heterocycles. The molecule has 104 valence electrons. The molecule has 0 radical (unpaired) electrons. The third-order valence-corrected chi connectivity index (χ3v) is 2.93. The molecule has 4 nitrogen and oxygen atoms in total. The van der Waals surface area contributed by atoms with Gasteiger partial charge in [0.15, 0.2) is 0 Å². The predicted molar refractivity (Wildman–Crippen MR) is 84.2 cm³/mol. The van der Waals surface area contributed by atoms with Gasteiger partial charge < -0.3 is 15.5 Å². The second-order valence-corrected chi connectivity index (χ2v) is 5.08. The number of nitrogens with one attached hydrogen (secondary N) is 1. The number of hydrogen-bond acceptors (Lipinski definition) is 3. The quantitative estimate of drug-likeness (QED) is 0.848. The second kappa shape index (κ2) is 5.88. The van der Waals surface area contributed by atoms with Crippen LogP contribution in [0.2, 0.25) is 0 Å². The van der Waals surface area contributed by atoms with Crippen molar-refractivity contribution < 1.29 is 4.74 Å². The minimum Gasteiger partial charge on any atom is -0.490 e. The van der Waals surface area contributed by atoms with E-state index in [-0.39, 0.29) is 16.7 Å². The second-order valence-electron chi connectivity index (χ2n) is 4.64. The molecule has 0 aliphatic rings. The molecule has 2 aromatic rings. The van der Waals surface area contributed by atoms with E-state index >= 15 is 0 Å². The van der Waals surface area contributed by atoms with Crippen LogP contribution < -0.4 is 16.0 Å². The van der Waals surface area contributed by atoms with Crippen molar-refractivity contribution in [2.45, 2.75) is 20.0 Å². The summed E-state index contributed by atoms with van der Waals surface area (Å²) in [5, 5.41) is 0. The molecule has 20 heavy (non-hydrogen) atoms. The first kappa shape index (κ1) is 14.3. The van der Waals surface area contributed by atoms with Gasteiger partial charge in [0.05, 0.1) is 17.4 Å². The van der Waals surface area contributed by atoms with Crippen LogP contribution in [0.5, 0.6) is 5.75 Å². The zero-order valence-electron chi connectivity index (χ0n) is 11.3. The summed E-state index contributed by atoms with van der Waals surface area (Å²) < 4.78 is 5.74. The number of hydrogen-bond donors (Lipinski definition) is 2. The van der Waals surface area contributed by atoms with Gasteiger partial charge >= 0.3 is 0 Å². The van der Waals surface area contributed by atoms with Crippen LogP contribution in [0.25, 0.3) is 11.3 Å². The molecule has 2 rings (SSSR count). The number of H-pyrrole nitrogens is 1. The van der Waals surface area contributed by atoms with E-state index in [9.17, 15) is 4.79 Å². The van der Waals surface area contributed by atoms with Crippen molar-refractivity contribution in [3.05, 3.63) is 52.3 Å². The average Bonchev–Trinajstić information content (AvgIpc) is 2.38. The van der Waals surface area contributed by atoms with E-state index in [2.05, 4.69) is 4.98 Å². The Hall–Kier alpha value is -2.14. The topological polar surface area (TPSA) is 68.1 Å². The molecule has 3 N–H and O–H groups in total. The van der Waals surface area contributed by atoms with Crippen molar-refractivity contribution >= 4 is 17.2 Å². The lowest BCUT2D eigenvalue weighted by Crippen LogP contribution is -2.22. The number of nitrogens with two attached hydrogens (primary N) is 1. The number of rotatable bonds is 4. The first-order valence-electron chi connectivity index (χ1n) is 6.28. The van der Waals surface area contributed by atoms with Gasteiger partial charge in [-0.1, -0.05) is 24.4 Å². The molecular weight excluding hydrogens is 272 g/mol. The fourth-order valence-electron chi connectivity index (χ4n) is 1.87. The number of aromatic nitrogens is 1. The lowest BCUT2D eigenvalue weighted by atomic mass is 10.1. The van der Waals surface area contributed by atoms with E-state index in [4.69, 9.17) is 22.7 Å². The standard InChI is InChI=1S/C15H16N2O2S/c1-9(2)19-13-6-4-3-5-10(13)12-8-7-11(14(16)20)15(18)17-12/h3-9H,1-2H3,(H2,16,20)(H,17,18). The Balaban J connectivity index is 2.49. The summed E-state index contributed by atoms with van der Waals surface area (Å²) >= 11 is 4.83. The van der Waals surface area contributed by atoms with Crippen LogP contribution in [-0.2, 0) is 0 Å². The molecule has 1 heterocycles. The third kappa shape index (κ3) is 3.05. The van der Waals surface area contributed by atoms with Crippen molar-refractivity contribution in [1.82, 2.24) is 4.98 Å². The zero-order chi connectivity index (χ0) is 14.7. The van der Waals surface area contributed by atoms with Crippen molar-refractivity contribution in [3.8, 4) is 17.0 Å². The number of aromatic amines is 1. The molecular formula is C15H16N2O2S. The zero-order valence-corrected chi connectivity index (χ0v) is 12.2. The molecule has 0 atom stereocenters. The van der Waals surface area contributed by atoms with E-state index in [1.165, 1.54) is 0 Å². The number of benzene rings is 1. The van der Waals surface area contributed by atoms with E-state index in [1.54, 1.807) is 12.1 Å². The third-order valence-electron chi connectivity index (χ3n) is 2.71. The first-order valence-corrected chi connectivity index (χ1v) is 6.69. The number of thiocarbonyl (C=S) groups is 1. The van der Waals surface area contributed by atoms with Crippen molar-refractivity contribution in [2.24, 2.45) is 5.73 Å². The Morgan fingerprint density at radius 3 is 2.55 bits per heavy atom. The highest BCUT2D eigenvalue weighted by Gasteiger charge is 2.10. The van der Waals surface area contributed by atoms with Crippen LogP contribution in [0.1, 0.15) is 19.4 Å². The summed E-state index contributed by atoms with van der Waals surface area (Å²) in [6.45, 7) is 3.91. The summed E-state index contributed by atoms with van der Waals surface area (Å²) in [6, 6.07) is 10.9. The highest BCUT2D eigenvalue weighted by Crippen LogP contribution is 2.28. The maximum absolute atomic E-state index is 11.9. The average molecular weight is 288 g/mol. The Morgan fingerprint density at radius 2 is 1.95 bits per heavy atom. The Bertz CT molecular complexity index is 692. The normalized spacial score (nSPS) is 10.6. The van der Waals surface area contributed by atoms with Crippen LogP contribution in [0, 0.1) is 0 Å². The fourth-order valence-corrected chi connectivity index (χ4v) is 2.03. The van der Waals surface area contributed by atoms with Gasteiger partial charge in [-0.3, -0.25) is 4.79 Å². The minimum atomic E-state index is -0.297. The number of pyridine rings is 1. The van der Waals surface area contributed by atoms with Crippen LogP contribution in [0.15, 0.2) is 41.2 Å². The monoisotopic (exact) mass is 288 g/mol. The molecule has 0 bridgehead atoms. The van der Waals surface area contributed by atoms with Crippen LogP contribution in [-0.4, -0.2) is 16.1 Å². The van der Waals surface area contributed by atoms with Crippen molar-refractivity contribution in [3.63, 3.8) is 0 Å². The van der Waals surface area contributed by atoms with E-state index in [1.807, 2.05) is 38.1 Å². The van der Waals surface area contributed by atoms with Crippen LogP contribution in [0.4, 0.5) is 0 Å². The molecule has 1 aromatic carbocycles. The fraction of sp³-hybridized carbons (Fsp3) is 0.200. The van der Waals surface area contributed by atoms with Crippen molar-refractivity contribution in [2.75, 3.05) is 0 Å². The summed E-state index contributed by atoms with van der Waals surface area (Å²) in [5.41, 5.74) is 7.00. The van der Waals surface area contributed by atoms with Gasteiger partial charge in [-0.2, -0.15) is 0 Å². The van der Waals surface area contributed by atoms with E-state index < -0.39 is 0 Å². The summed E-state index contributed by atoms with van der Waals surface area (Å²) in [5.74, 6) is 0.723. The van der Waals surface area contributed by atoms with Gasteiger partial charge in [-0.05, 0) is 38.1 Å². The SMILES string of the molecule is CC(C)Oc1ccccc1-c1ccc(C(N)=S)c(=O)[nH]1. The summed E-state index contributed by atoms with van der Waals surface area (Å²) in [4.78, 5) is 14.8. The summed E-state index contributed by atoms with van der Waals surface area (Å²) in [7, 11) is 0. The molecule has 5 heteroatoms. The molecule has 0 amide bonds. The van der Waals surface area contributed by atoms with Gasteiger partial charge in [-0.25, -0.2) is 0 Å². The number of para-hydroxylation sites is 1. The molecule has 0 unspecified atom stereocenters. The molecule has 0 saturated carbocycles. The highest BCUT2D eigenvalue weighted by atomic mass is 32.1. The van der Waals surface area contributed by atoms with Crippen LogP contribution >= 0.6 is 12.2 Å².